The molecule has 142 valence electrons. The normalized spacial score (nSPS) is 25.0. The molecule has 2 fully saturated rings. The third kappa shape index (κ3) is 3.60. The van der Waals surface area contributed by atoms with Crippen molar-refractivity contribution in [1.29, 1.82) is 0 Å². The Hall–Kier alpha value is -2.28. The van der Waals surface area contributed by atoms with E-state index in [9.17, 15) is 4.79 Å². The van der Waals surface area contributed by atoms with Crippen molar-refractivity contribution in [2.75, 3.05) is 11.9 Å². The fourth-order valence-corrected chi connectivity index (χ4v) is 4.18. The van der Waals surface area contributed by atoms with Gasteiger partial charge in [0.15, 0.2) is 0 Å². The molecule has 0 amide bonds. The van der Waals surface area contributed by atoms with Crippen LogP contribution in [-0.4, -0.2) is 32.4 Å². The molecule has 3 heterocycles. The van der Waals surface area contributed by atoms with E-state index in [4.69, 9.17) is 4.74 Å². The molecule has 2 saturated carbocycles. The van der Waals surface area contributed by atoms with E-state index in [1.54, 1.807) is 10.7 Å². The zero-order chi connectivity index (χ0) is 18.2. The van der Waals surface area contributed by atoms with Crippen LogP contribution >= 0.6 is 0 Å². The predicted octanol–water partition coefficient (Wildman–Crippen LogP) is 2.58. The Bertz CT molecular complexity index is 867. The highest BCUT2D eigenvalue weighted by Gasteiger charge is 2.26. The average molecular weight is 367 g/mol. The molecule has 1 aliphatic heterocycles. The van der Waals surface area contributed by atoms with Crippen molar-refractivity contribution in [1.82, 2.24) is 19.7 Å². The van der Waals surface area contributed by atoms with Gasteiger partial charge in [0, 0.05) is 36.5 Å². The summed E-state index contributed by atoms with van der Waals surface area (Å²) in [5.41, 5.74) is 3.22. The van der Waals surface area contributed by atoms with Crippen LogP contribution in [0.25, 0.3) is 0 Å². The average Bonchev–Trinajstić information content (AvgIpc) is 3.54. The van der Waals surface area contributed by atoms with Crippen LogP contribution in [-0.2, 0) is 17.8 Å². The van der Waals surface area contributed by atoms with Crippen molar-refractivity contribution in [2.24, 2.45) is 0 Å². The third-order valence-corrected chi connectivity index (χ3v) is 5.96. The number of hydrogen-bond acceptors (Lipinski definition) is 6. The molecule has 7 nitrogen and oxygen atoms in total. The zero-order valence-corrected chi connectivity index (χ0v) is 15.4. The Morgan fingerprint density at radius 1 is 1.07 bits per heavy atom. The predicted molar refractivity (Wildman–Crippen MR) is 101 cm³/mol. The molecule has 0 atom stereocenters. The van der Waals surface area contributed by atoms with E-state index in [-0.39, 0.29) is 11.6 Å². The van der Waals surface area contributed by atoms with E-state index < -0.39 is 0 Å². The van der Waals surface area contributed by atoms with Gasteiger partial charge in [0.25, 0.3) is 5.56 Å². The van der Waals surface area contributed by atoms with Crippen LogP contribution < -0.4 is 10.9 Å². The first-order chi connectivity index (χ1) is 13.3. The molecule has 0 saturated heterocycles. The van der Waals surface area contributed by atoms with E-state index in [0.29, 0.717) is 31.1 Å². The van der Waals surface area contributed by atoms with Crippen molar-refractivity contribution in [3.63, 3.8) is 0 Å². The Morgan fingerprint density at radius 2 is 1.85 bits per heavy atom. The van der Waals surface area contributed by atoms with Crippen LogP contribution in [0.2, 0.25) is 0 Å². The highest BCUT2D eigenvalue weighted by Crippen LogP contribution is 2.39. The number of anilines is 1. The minimum atomic E-state index is -0.00495. The molecule has 3 aliphatic rings. The molecule has 0 unspecified atom stereocenters. The summed E-state index contributed by atoms with van der Waals surface area (Å²) < 4.78 is 7.13. The maximum absolute atomic E-state index is 12.5. The smallest absolute Gasteiger partial charge is 0.267 e. The minimum absolute atomic E-state index is 0.00495. The number of rotatable bonds is 4. The van der Waals surface area contributed by atoms with Gasteiger partial charge < -0.3 is 10.1 Å². The van der Waals surface area contributed by atoms with Crippen molar-refractivity contribution in [3.8, 4) is 0 Å². The summed E-state index contributed by atoms with van der Waals surface area (Å²) >= 11 is 0. The molecule has 2 aliphatic carbocycles. The Balaban J connectivity index is 1.22. The molecule has 0 bridgehead atoms. The van der Waals surface area contributed by atoms with Crippen LogP contribution in [0.3, 0.4) is 0 Å². The van der Waals surface area contributed by atoms with Gasteiger partial charge in [-0.25, -0.2) is 14.6 Å². The first kappa shape index (κ1) is 16.9. The molecule has 7 heteroatoms. The van der Waals surface area contributed by atoms with E-state index in [1.807, 2.05) is 12.4 Å². The molecular formula is C20H25N5O2. The summed E-state index contributed by atoms with van der Waals surface area (Å²) in [4.78, 5) is 21.4. The quantitative estimate of drug-likeness (QED) is 0.894. The monoisotopic (exact) mass is 367 g/mol. The van der Waals surface area contributed by atoms with Crippen LogP contribution in [0.15, 0.2) is 23.3 Å². The summed E-state index contributed by atoms with van der Waals surface area (Å²) in [5.74, 6) is 1.40. The second kappa shape index (κ2) is 7.03. The summed E-state index contributed by atoms with van der Waals surface area (Å²) in [6.45, 7) is 1.20. The highest BCUT2D eigenvalue weighted by atomic mass is 16.5. The van der Waals surface area contributed by atoms with E-state index in [2.05, 4.69) is 20.4 Å². The second-order valence-electron chi connectivity index (χ2n) is 7.97. The molecule has 2 aromatic heterocycles. The summed E-state index contributed by atoms with van der Waals surface area (Å²) in [6, 6.07) is 2.25. The van der Waals surface area contributed by atoms with Gasteiger partial charge in [0.1, 0.15) is 0 Å². The third-order valence-electron chi connectivity index (χ3n) is 5.96. The van der Waals surface area contributed by atoms with E-state index in [0.717, 1.165) is 43.4 Å². The molecule has 2 aromatic rings. The lowest BCUT2D eigenvalue weighted by atomic mass is 9.91. The lowest BCUT2D eigenvalue weighted by Gasteiger charge is -2.30. The van der Waals surface area contributed by atoms with E-state index in [1.165, 1.54) is 18.4 Å². The van der Waals surface area contributed by atoms with Crippen LogP contribution in [0, 0.1) is 0 Å². The summed E-state index contributed by atoms with van der Waals surface area (Å²) in [7, 11) is 0. The summed E-state index contributed by atoms with van der Waals surface area (Å²) in [6.07, 6.45) is 11.1. The van der Waals surface area contributed by atoms with Crippen LogP contribution in [0.4, 0.5) is 5.95 Å². The maximum Gasteiger partial charge on any atom is 0.267 e. The van der Waals surface area contributed by atoms with Crippen molar-refractivity contribution in [2.45, 2.75) is 69.6 Å². The minimum Gasteiger partial charge on any atom is -0.376 e. The Labute approximate surface area is 158 Å². The standard InChI is InChI=1S/C20H25N5O2/c26-19-9-14-12-27-8-7-18(14)24-25(19)17-5-3-16(4-6-17)23-20-21-10-15(11-22-20)13-1-2-13/h9-11,13,16-17H,1-8,12H2,(H,21,22,23). The van der Waals surface area contributed by atoms with Gasteiger partial charge in [-0.3, -0.25) is 4.79 Å². The number of ether oxygens (including phenoxy) is 1. The van der Waals surface area contributed by atoms with Crippen LogP contribution in [0.1, 0.15) is 67.3 Å². The van der Waals surface area contributed by atoms with Gasteiger partial charge in [-0.15, -0.1) is 0 Å². The number of nitrogens with zero attached hydrogens (tertiary/aromatic N) is 4. The first-order valence-corrected chi connectivity index (χ1v) is 10.0. The van der Waals surface area contributed by atoms with Gasteiger partial charge in [-0.1, -0.05) is 0 Å². The first-order valence-electron chi connectivity index (χ1n) is 10.0. The fraction of sp³-hybridized carbons (Fsp3) is 0.600. The van der Waals surface area contributed by atoms with Crippen LogP contribution in [0.5, 0.6) is 0 Å². The Kier molecular flexibility index (Phi) is 4.39. The molecule has 1 N–H and O–H groups in total. The summed E-state index contributed by atoms with van der Waals surface area (Å²) in [5, 5.41) is 8.11. The molecular weight excluding hydrogens is 342 g/mol. The van der Waals surface area contributed by atoms with Crippen molar-refractivity contribution >= 4 is 5.95 Å². The highest BCUT2D eigenvalue weighted by molar-refractivity contribution is 5.29. The van der Waals surface area contributed by atoms with Crippen molar-refractivity contribution in [3.05, 3.63) is 45.6 Å². The fourth-order valence-electron chi connectivity index (χ4n) is 4.18. The zero-order valence-electron chi connectivity index (χ0n) is 15.4. The largest absolute Gasteiger partial charge is 0.376 e. The SMILES string of the molecule is O=c1cc2c(nn1C1CCC(Nc3ncc(C4CC4)cn3)CC1)CCOC2. The second-order valence-corrected chi connectivity index (χ2v) is 7.97. The number of fused-ring (bicyclic) bond motifs is 1. The number of hydrogen-bond donors (Lipinski definition) is 1. The van der Waals surface area contributed by atoms with Crippen molar-refractivity contribution < 1.29 is 4.74 Å². The maximum atomic E-state index is 12.5. The lowest BCUT2D eigenvalue weighted by molar-refractivity contribution is 0.107. The number of aromatic nitrogens is 4. The topological polar surface area (TPSA) is 81.9 Å². The molecule has 0 spiro atoms. The van der Waals surface area contributed by atoms with Gasteiger partial charge in [0.05, 0.1) is 24.9 Å². The van der Waals surface area contributed by atoms with E-state index >= 15 is 0 Å². The molecule has 27 heavy (non-hydrogen) atoms. The molecule has 5 rings (SSSR count). The van der Waals surface area contributed by atoms with Gasteiger partial charge in [-0.2, -0.15) is 5.10 Å². The van der Waals surface area contributed by atoms with Gasteiger partial charge in [-0.05, 0) is 50.0 Å². The molecule has 0 radical (unpaired) electrons. The lowest BCUT2D eigenvalue weighted by Crippen LogP contribution is -2.35. The number of nitrogens with one attached hydrogen (secondary N) is 1. The molecule has 0 aromatic carbocycles. The van der Waals surface area contributed by atoms with Gasteiger partial charge >= 0.3 is 0 Å². The Morgan fingerprint density at radius 3 is 2.59 bits per heavy atom. The van der Waals surface area contributed by atoms with Gasteiger partial charge in [0.2, 0.25) is 5.95 Å².